The van der Waals surface area contributed by atoms with Gasteiger partial charge in [0, 0.05) is 10.7 Å². The van der Waals surface area contributed by atoms with Gasteiger partial charge in [0.15, 0.2) is 5.57 Å². The van der Waals surface area contributed by atoms with Gasteiger partial charge in [-0.05, 0) is 48.0 Å². The van der Waals surface area contributed by atoms with Gasteiger partial charge in [0.25, 0.3) is 11.5 Å². The maximum Gasteiger partial charge on any atom is 0.273 e. The molecule has 0 aliphatic rings. The number of carbonyl (C=O) groups excluding carboxylic acids is 1. The SMILES string of the molecule is N#C/C(C(=O)Nc1ccccc1)=c1/s/c(=C\c2ccc(Cl)cc2)c(=O)n1-c1ccccc1. The molecule has 156 valence electrons. The summed E-state index contributed by atoms with van der Waals surface area (Å²) in [6.45, 7) is 0. The zero-order valence-electron chi connectivity index (χ0n) is 16.7. The van der Waals surface area contributed by atoms with E-state index < -0.39 is 5.91 Å². The summed E-state index contributed by atoms with van der Waals surface area (Å²) >= 11 is 7.05. The lowest BCUT2D eigenvalue weighted by Gasteiger charge is -2.05. The average molecular weight is 458 g/mol. The lowest BCUT2D eigenvalue weighted by Crippen LogP contribution is -2.32. The number of nitrogens with one attached hydrogen (secondary N) is 1. The minimum Gasteiger partial charge on any atom is -0.321 e. The summed E-state index contributed by atoms with van der Waals surface area (Å²) in [4.78, 5) is 26.3. The normalized spacial score (nSPS) is 12.2. The van der Waals surface area contributed by atoms with Crippen molar-refractivity contribution in [3.63, 3.8) is 0 Å². The monoisotopic (exact) mass is 457 g/mol. The Morgan fingerprint density at radius 1 is 0.969 bits per heavy atom. The van der Waals surface area contributed by atoms with Crippen LogP contribution in [0.3, 0.4) is 0 Å². The zero-order chi connectivity index (χ0) is 22.5. The van der Waals surface area contributed by atoms with Crippen molar-refractivity contribution >= 4 is 46.2 Å². The molecule has 0 aliphatic carbocycles. The highest BCUT2D eigenvalue weighted by Crippen LogP contribution is 2.11. The molecule has 7 heteroatoms. The number of hydrogen-bond donors (Lipinski definition) is 1. The molecule has 0 saturated carbocycles. The van der Waals surface area contributed by atoms with E-state index in [1.54, 1.807) is 78.9 Å². The van der Waals surface area contributed by atoms with Gasteiger partial charge < -0.3 is 5.32 Å². The molecule has 32 heavy (non-hydrogen) atoms. The predicted molar refractivity (Wildman–Crippen MR) is 128 cm³/mol. The van der Waals surface area contributed by atoms with Gasteiger partial charge in [-0.1, -0.05) is 60.1 Å². The van der Waals surface area contributed by atoms with Crippen LogP contribution < -0.4 is 20.1 Å². The van der Waals surface area contributed by atoms with E-state index in [2.05, 4.69) is 5.32 Å². The highest BCUT2D eigenvalue weighted by atomic mass is 35.5. The molecule has 0 spiro atoms. The van der Waals surface area contributed by atoms with E-state index in [9.17, 15) is 14.9 Å². The highest BCUT2D eigenvalue weighted by Gasteiger charge is 2.17. The fourth-order valence-corrected chi connectivity index (χ4v) is 4.31. The number of benzene rings is 3. The molecule has 0 unspecified atom stereocenters. The largest absolute Gasteiger partial charge is 0.321 e. The standard InChI is InChI=1S/C25H16ClN3O2S/c26-18-13-11-17(12-14-18)15-22-24(31)29(20-9-5-2-6-10-20)25(32-22)21(16-27)23(30)28-19-7-3-1-4-8-19/h1-15H,(H,28,30)/b22-15-,25-21-. The summed E-state index contributed by atoms with van der Waals surface area (Å²) in [5, 5.41) is 13.2. The van der Waals surface area contributed by atoms with E-state index in [1.165, 1.54) is 4.57 Å². The molecule has 1 N–H and O–H groups in total. The first kappa shape index (κ1) is 21.3. The number of aromatic nitrogens is 1. The van der Waals surface area contributed by atoms with Crippen LogP contribution in [0.1, 0.15) is 5.56 Å². The molecule has 0 aliphatic heterocycles. The molecule has 0 saturated heterocycles. The van der Waals surface area contributed by atoms with Gasteiger partial charge in [-0.15, -0.1) is 11.3 Å². The molecule has 4 rings (SSSR count). The van der Waals surface area contributed by atoms with Crippen LogP contribution >= 0.6 is 22.9 Å². The third-order valence-corrected chi connectivity index (χ3v) is 5.93. The van der Waals surface area contributed by atoms with Gasteiger partial charge in [0.05, 0.1) is 10.2 Å². The van der Waals surface area contributed by atoms with Crippen LogP contribution in [-0.4, -0.2) is 10.5 Å². The van der Waals surface area contributed by atoms with E-state index in [0.29, 0.717) is 20.9 Å². The van der Waals surface area contributed by atoms with Crippen molar-refractivity contribution in [2.24, 2.45) is 0 Å². The smallest absolute Gasteiger partial charge is 0.273 e. The number of anilines is 1. The van der Waals surface area contributed by atoms with Crippen LogP contribution in [0.4, 0.5) is 5.69 Å². The number of amides is 1. The molecule has 0 radical (unpaired) electrons. The molecule has 1 heterocycles. The summed E-state index contributed by atoms with van der Waals surface area (Å²) in [7, 11) is 0. The summed E-state index contributed by atoms with van der Waals surface area (Å²) in [6, 6.07) is 26.8. The summed E-state index contributed by atoms with van der Waals surface area (Å²) < 4.78 is 2.05. The average Bonchev–Trinajstić information content (AvgIpc) is 3.12. The van der Waals surface area contributed by atoms with Crippen LogP contribution in [-0.2, 0) is 4.79 Å². The molecule has 0 bridgehead atoms. The molecule has 0 atom stereocenters. The Morgan fingerprint density at radius 2 is 1.59 bits per heavy atom. The van der Waals surface area contributed by atoms with Gasteiger partial charge >= 0.3 is 0 Å². The summed E-state index contributed by atoms with van der Waals surface area (Å²) in [5.41, 5.74) is 1.46. The molecule has 1 aromatic heterocycles. The highest BCUT2D eigenvalue weighted by molar-refractivity contribution is 7.07. The van der Waals surface area contributed by atoms with Gasteiger partial charge in [-0.3, -0.25) is 14.2 Å². The number of nitriles is 1. The third-order valence-electron chi connectivity index (χ3n) is 4.59. The van der Waals surface area contributed by atoms with Crippen molar-refractivity contribution in [3.05, 3.63) is 115 Å². The van der Waals surface area contributed by atoms with E-state index in [4.69, 9.17) is 11.6 Å². The summed E-state index contributed by atoms with van der Waals surface area (Å²) in [6.07, 6.45) is 1.72. The Bertz CT molecular complexity index is 1480. The Hall–Kier alpha value is -3.92. The maximum absolute atomic E-state index is 13.3. The van der Waals surface area contributed by atoms with Crippen LogP contribution in [0.25, 0.3) is 17.3 Å². The molecular formula is C25H16ClN3O2S. The molecule has 4 aromatic rings. The van der Waals surface area contributed by atoms with E-state index in [1.807, 2.05) is 18.2 Å². The fraction of sp³-hybridized carbons (Fsp3) is 0. The van der Waals surface area contributed by atoms with Gasteiger partial charge in [-0.2, -0.15) is 5.26 Å². The number of thiazole rings is 1. The van der Waals surface area contributed by atoms with Crippen LogP contribution in [0.15, 0.2) is 89.7 Å². The summed E-state index contributed by atoms with van der Waals surface area (Å²) in [5.74, 6) is -0.581. The van der Waals surface area contributed by atoms with E-state index in [0.717, 1.165) is 16.9 Å². The van der Waals surface area contributed by atoms with E-state index >= 15 is 0 Å². The van der Waals surface area contributed by atoms with Gasteiger partial charge in [-0.25, -0.2) is 0 Å². The van der Waals surface area contributed by atoms with Gasteiger partial charge in [0.1, 0.15) is 10.7 Å². The molecule has 5 nitrogen and oxygen atoms in total. The Labute approximate surface area is 192 Å². The first-order chi connectivity index (χ1) is 15.6. The number of para-hydroxylation sites is 2. The lowest BCUT2D eigenvalue weighted by molar-refractivity contribution is -0.111. The second-order valence-corrected chi connectivity index (χ2v) is 8.22. The number of nitrogens with zero attached hydrogens (tertiary/aromatic N) is 2. The minimum absolute atomic E-state index is 0.143. The maximum atomic E-state index is 13.3. The molecule has 1 amide bonds. The second kappa shape index (κ2) is 9.48. The minimum atomic E-state index is -0.581. The molecule has 0 fully saturated rings. The van der Waals surface area contributed by atoms with Crippen LogP contribution in [0.5, 0.6) is 0 Å². The Morgan fingerprint density at radius 3 is 2.22 bits per heavy atom. The Kier molecular flexibility index (Phi) is 6.31. The first-order valence-electron chi connectivity index (χ1n) is 9.62. The molecular weight excluding hydrogens is 442 g/mol. The zero-order valence-corrected chi connectivity index (χ0v) is 18.2. The van der Waals surface area contributed by atoms with Gasteiger partial charge in [0.2, 0.25) is 0 Å². The number of halogens is 1. The van der Waals surface area contributed by atoms with Crippen LogP contribution in [0, 0.1) is 11.3 Å². The van der Waals surface area contributed by atoms with Crippen molar-refractivity contribution in [2.45, 2.75) is 0 Å². The first-order valence-corrected chi connectivity index (χ1v) is 10.8. The quantitative estimate of drug-likeness (QED) is 0.507. The van der Waals surface area contributed by atoms with Crippen molar-refractivity contribution in [3.8, 4) is 11.8 Å². The predicted octanol–water partition coefficient (Wildman–Crippen LogP) is 3.69. The lowest BCUT2D eigenvalue weighted by atomic mass is 10.2. The number of rotatable bonds is 4. The second-order valence-electron chi connectivity index (χ2n) is 6.75. The van der Waals surface area contributed by atoms with E-state index in [-0.39, 0.29) is 15.8 Å². The van der Waals surface area contributed by atoms with Crippen LogP contribution in [0.2, 0.25) is 5.02 Å². The van der Waals surface area contributed by atoms with Crippen molar-refractivity contribution < 1.29 is 4.79 Å². The van der Waals surface area contributed by atoms with Crippen molar-refractivity contribution in [1.82, 2.24) is 4.57 Å². The van der Waals surface area contributed by atoms with Crippen molar-refractivity contribution in [2.75, 3.05) is 5.32 Å². The fourth-order valence-electron chi connectivity index (χ4n) is 3.08. The van der Waals surface area contributed by atoms with Crippen molar-refractivity contribution in [1.29, 1.82) is 5.26 Å². The number of carbonyl (C=O) groups is 1. The number of hydrogen-bond acceptors (Lipinski definition) is 4. The molecule has 3 aromatic carbocycles. The third kappa shape index (κ3) is 4.54. The Balaban J connectivity index is 1.95. The topological polar surface area (TPSA) is 74.9 Å².